The molecule has 1 aliphatic heterocycles. The molecule has 1 heterocycles. The van der Waals surface area contributed by atoms with E-state index in [0.29, 0.717) is 13.1 Å². The number of phenolic OH excluding ortho intramolecular Hbond substituents is 1. The number of likely N-dealkylation sites (tertiary alicyclic amines) is 1. The Balaban J connectivity index is 1.54. The minimum atomic E-state index is -0.359. The number of aromatic hydroxyl groups is 1. The Morgan fingerprint density at radius 2 is 2.00 bits per heavy atom. The summed E-state index contributed by atoms with van der Waals surface area (Å²) >= 11 is 0. The lowest BCUT2D eigenvalue weighted by molar-refractivity contribution is -0.127. The number of amides is 2. The minimum absolute atomic E-state index is 0.0296. The van der Waals surface area contributed by atoms with E-state index in [0.717, 1.165) is 23.3 Å². The fourth-order valence-corrected chi connectivity index (χ4v) is 3.24. The number of carbonyl (C=O) groups excluding carboxylic acids is 2. The summed E-state index contributed by atoms with van der Waals surface area (Å²) < 4.78 is 5.14. The number of benzene rings is 2. The Morgan fingerprint density at radius 3 is 2.67 bits per heavy atom. The highest BCUT2D eigenvalue weighted by atomic mass is 16.5. The fourth-order valence-electron chi connectivity index (χ4n) is 3.24. The Morgan fingerprint density at radius 1 is 1.26 bits per heavy atom. The molecule has 2 aromatic rings. The molecule has 1 atom stereocenters. The molecule has 2 N–H and O–H groups in total. The summed E-state index contributed by atoms with van der Waals surface area (Å²) in [6.45, 7) is 2.93. The van der Waals surface area contributed by atoms with Crippen molar-refractivity contribution in [3.05, 3.63) is 59.2 Å². The first-order valence-electron chi connectivity index (χ1n) is 8.97. The quantitative estimate of drug-likeness (QED) is 0.820. The second-order valence-corrected chi connectivity index (χ2v) is 6.83. The van der Waals surface area contributed by atoms with Gasteiger partial charge in [0.25, 0.3) is 5.91 Å². The van der Waals surface area contributed by atoms with Gasteiger partial charge in [-0.1, -0.05) is 18.2 Å². The van der Waals surface area contributed by atoms with Crippen LogP contribution in [0.15, 0.2) is 42.5 Å². The van der Waals surface area contributed by atoms with Gasteiger partial charge in [0.2, 0.25) is 5.91 Å². The van der Waals surface area contributed by atoms with E-state index in [9.17, 15) is 14.7 Å². The van der Waals surface area contributed by atoms with Gasteiger partial charge in [-0.3, -0.25) is 9.59 Å². The molecule has 0 saturated carbocycles. The van der Waals surface area contributed by atoms with Gasteiger partial charge in [-0.2, -0.15) is 0 Å². The molecule has 0 aliphatic carbocycles. The summed E-state index contributed by atoms with van der Waals surface area (Å²) in [5.41, 5.74) is 2.23. The summed E-state index contributed by atoms with van der Waals surface area (Å²) in [7, 11) is 1.63. The van der Waals surface area contributed by atoms with Crippen molar-refractivity contribution in [3.63, 3.8) is 0 Å². The second-order valence-electron chi connectivity index (χ2n) is 6.83. The molecule has 1 fully saturated rings. The number of ether oxygens (including phenoxy) is 1. The number of nitrogens with zero attached hydrogens (tertiary/aromatic N) is 1. The van der Waals surface area contributed by atoms with Crippen molar-refractivity contribution in [2.75, 3.05) is 20.2 Å². The molecular formula is C21H24N2O4. The lowest BCUT2D eigenvalue weighted by Gasteiger charge is -2.17. The van der Waals surface area contributed by atoms with E-state index in [2.05, 4.69) is 5.32 Å². The van der Waals surface area contributed by atoms with Gasteiger partial charge in [-0.25, -0.2) is 0 Å². The van der Waals surface area contributed by atoms with Gasteiger partial charge in [0.1, 0.15) is 11.5 Å². The third-order valence-electron chi connectivity index (χ3n) is 4.78. The van der Waals surface area contributed by atoms with Crippen LogP contribution in [0.4, 0.5) is 0 Å². The molecule has 2 amide bonds. The molecule has 0 unspecified atom stereocenters. The van der Waals surface area contributed by atoms with Crippen LogP contribution < -0.4 is 10.1 Å². The highest BCUT2D eigenvalue weighted by molar-refractivity contribution is 5.97. The Kier molecular flexibility index (Phi) is 5.64. The Bertz CT molecular complexity index is 833. The average molecular weight is 368 g/mol. The van der Waals surface area contributed by atoms with E-state index in [-0.39, 0.29) is 35.6 Å². The number of hydrogen-bond acceptors (Lipinski definition) is 4. The number of carbonyl (C=O) groups is 2. The number of aryl methyl sites for hydroxylation is 1. The van der Waals surface area contributed by atoms with Crippen molar-refractivity contribution >= 4 is 11.8 Å². The molecule has 6 nitrogen and oxygen atoms in total. The number of hydrogen-bond donors (Lipinski definition) is 2. The first kappa shape index (κ1) is 18.8. The predicted molar refractivity (Wildman–Crippen MR) is 102 cm³/mol. The number of rotatable bonds is 6. The van der Waals surface area contributed by atoms with Crippen LogP contribution in [0, 0.1) is 6.92 Å². The zero-order valence-corrected chi connectivity index (χ0v) is 15.6. The van der Waals surface area contributed by atoms with Crippen LogP contribution in [0.2, 0.25) is 0 Å². The van der Waals surface area contributed by atoms with E-state index in [1.807, 2.05) is 31.2 Å². The SMILES string of the molecule is COc1ccc(CCN2C[C@H](NC(=O)c3ccc(C)cc3O)CC2=O)cc1. The zero-order chi connectivity index (χ0) is 19.4. The van der Waals surface area contributed by atoms with Gasteiger partial charge in [-0.05, 0) is 48.7 Å². The molecular weight excluding hydrogens is 344 g/mol. The third kappa shape index (κ3) is 4.58. The molecule has 6 heteroatoms. The molecule has 1 aliphatic rings. The largest absolute Gasteiger partial charge is 0.507 e. The van der Waals surface area contributed by atoms with Crippen molar-refractivity contribution in [3.8, 4) is 11.5 Å². The number of methoxy groups -OCH3 is 1. The normalized spacial score (nSPS) is 16.4. The van der Waals surface area contributed by atoms with E-state index >= 15 is 0 Å². The van der Waals surface area contributed by atoms with Crippen LogP contribution in [0.3, 0.4) is 0 Å². The number of phenols is 1. The number of nitrogens with one attached hydrogen (secondary N) is 1. The van der Waals surface area contributed by atoms with E-state index in [1.165, 1.54) is 0 Å². The van der Waals surface area contributed by atoms with E-state index in [4.69, 9.17) is 4.74 Å². The van der Waals surface area contributed by atoms with Crippen LogP contribution in [0.1, 0.15) is 27.9 Å². The topological polar surface area (TPSA) is 78.9 Å². The van der Waals surface area contributed by atoms with E-state index in [1.54, 1.807) is 30.2 Å². The molecule has 0 aromatic heterocycles. The Hall–Kier alpha value is -3.02. The summed E-state index contributed by atoms with van der Waals surface area (Å²) in [6, 6.07) is 12.4. The van der Waals surface area contributed by atoms with Gasteiger partial charge in [-0.15, -0.1) is 0 Å². The molecule has 1 saturated heterocycles. The monoisotopic (exact) mass is 368 g/mol. The van der Waals surface area contributed by atoms with Gasteiger partial charge in [0, 0.05) is 19.5 Å². The van der Waals surface area contributed by atoms with Crippen molar-refractivity contribution in [1.82, 2.24) is 10.2 Å². The van der Waals surface area contributed by atoms with Crippen molar-refractivity contribution in [1.29, 1.82) is 0 Å². The lowest BCUT2D eigenvalue weighted by atomic mass is 10.1. The predicted octanol–water partition coefficient (Wildman–Crippen LogP) is 2.28. The zero-order valence-electron chi connectivity index (χ0n) is 15.6. The third-order valence-corrected chi connectivity index (χ3v) is 4.78. The van der Waals surface area contributed by atoms with Gasteiger partial charge in [0.05, 0.1) is 18.7 Å². The standard InChI is InChI=1S/C21H24N2O4/c1-14-3-8-18(19(24)11-14)21(26)22-16-12-20(25)23(13-16)10-9-15-4-6-17(27-2)7-5-15/h3-8,11,16,24H,9-10,12-13H2,1-2H3,(H,22,26)/t16-/m1/s1. The molecule has 3 rings (SSSR count). The first-order chi connectivity index (χ1) is 13.0. The lowest BCUT2D eigenvalue weighted by Crippen LogP contribution is -2.37. The Labute approximate surface area is 158 Å². The van der Waals surface area contributed by atoms with Crippen molar-refractivity contribution < 1.29 is 19.4 Å². The summed E-state index contributed by atoms with van der Waals surface area (Å²) in [5.74, 6) is 0.426. The van der Waals surface area contributed by atoms with Gasteiger partial charge in [0.15, 0.2) is 0 Å². The highest BCUT2D eigenvalue weighted by Crippen LogP contribution is 2.20. The van der Waals surface area contributed by atoms with Gasteiger partial charge < -0.3 is 20.1 Å². The summed E-state index contributed by atoms with van der Waals surface area (Å²) in [5, 5.41) is 12.8. The highest BCUT2D eigenvalue weighted by Gasteiger charge is 2.30. The maximum atomic E-state index is 12.4. The van der Waals surface area contributed by atoms with Crippen LogP contribution >= 0.6 is 0 Å². The van der Waals surface area contributed by atoms with Crippen LogP contribution in [-0.4, -0.2) is 48.1 Å². The average Bonchev–Trinajstić information content (AvgIpc) is 2.99. The summed E-state index contributed by atoms with van der Waals surface area (Å²) in [4.78, 5) is 26.4. The van der Waals surface area contributed by atoms with Crippen LogP contribution in [-0.2, 0) is 11.2 Å². The summed E-state index contributed by atoms with van der Waals surface area (Å²) in [6.07, 6.45) is 1.02. The molecule has 0 bridgehead atoms. The van der Waals surface area contributed by atoms with Gasteiger partial charge >= 0.3 is 0 Å². The van der Waals surface area contributed by atoms with Crippen LogP contribution in [0.5, 0.6) is 11.5 Å². The second kappa shape index (κ2) is 8.12. The minimum Gasteiger partial charge on any atom is -0.507 e. The fraction of sp³-hybridized carbons (Fsp3) is 0.333. The molecule has 142 valence electrons. The van der Waals surface area contributed by atoms with Crippen molar-refractivity contribution in [2.24, 2.45) is 0 Å². The maximum absolute atomic E-state index is 12.4. The van der Waals surface area contributed by atoms with Crippen molar-refractivity contribution in [2.45, 2.75) is 25.8 Å². The first-order valence-corrected chi connectivity index (χ1v) is 8.97. The maximum Gasteiger partial charge on any atom is 0.255 e. The van der Waals surface area contributed by atoms with Crippen LogP contribution in [0.25, 0.3) is 0 Å². The van der Waals surface area contributed by atoms with E-state index < -0.39 is 0 Å². The molecule has 27 heavy (non-hydrogen) atoms. The smallest absolute Gasteiger partial charge is 0.255 e. The molecule has 0 radical (unpaired) electrons. The molecule has 0 spiro atoms. The molecule has 2 aromatic carbocycles.